The molecule has 1 aromatic heterocycles. The Morgan fingerprint density at radius 1 is 1.62 bits per heavy atom. The average molecular weight is 179 g/mol. The highest BCUT2D eigenvalue weighted by Crippen LogP contribution is 2.07. The number of hydrogen-bond acceptors (Lipinski definition) is 2. The van der Waals surface area contributed by atoms with Crippen LogP contribution < -0.4 is 5.56 Å². The van der Waals surface area contributed by atoms with Crippen molar-refractivity contribution >= 4 is 11.5 Å². The Morgan fingerprint density at radius 3 is 2.69 bits per heavy atom. The molecule has 68 valence electrons. The van der Waals surface area contributed by atoms with Gasteiger partial charge < -0.3 is 10.1 Å². The minimum absolute atomic E-state index is 0.0533. The molecule has 4 heteroatoms. The van der Waals surface area contributed by atoms with E-state index in [1.165, 1.54) is 6.07 Å². The van der Waals surface area contributed by atoms with Crippen LogP contribution in [0.25, 0.3) is 5.57 Å². The molecule has 1 rings (SSSR count). The summed E-state index contributed by atoms with van der Waals surface area (Å²) in [6, 6.07) is 1.31. The van der Waals surface area contributed by atoms with Gasteiger partial charge in [-0.05, 0) is 18.6 Å². The number of aromatic nitrogens is 1. The standard InChI is InChI=1S/C9H9NO3/c1-5(2)7-3-6(9(12)13)4-10-8(7)11/h3-4H,1H2,2H3,(H,10,11)(H,12,13). The van der Waals surface area contributed by atoms with E-state index in [1.54, 1.807) is 6.92 Å². The van der Waals surface area contributed by atoms with Gasteiger partial charge in [-0.2, -0.15) is 0 Å². The molecule has 0 aliphatic heterocycles. The second-order valence-corrected chi connectivity index (χ2v) is 2.72. The highest BCUT2D eigenvalue weighted by Gasteiger charge is 2.06. The molecule has 0 saturated carbocycles. The van der Waals surface area contributed by atoms with Gasteiger partial charge >= 0.3 is 5.97 Å². The minimum atomic E-state index is -1.07. The van der Waals surface area contributed by atoms with E-state index in [9.17, 15) is 9.59 Å². The third-order valence-corrected chi connectivity index (χ3v) is 1.61. The highest BCUT2D eigenvalue weighted by molar-refractivity contribution is 5.88. The highest BCUT2D eigenvalue weighted by atomic mass is 16.4. The first-order valence-electron chi connectivity index (χ1n) is 3.64. The van der Waals surface area contributed by atoms with Crippen LogP contribution in [0.1, 0.15) is 22.8 Å². The van der Waals surface area contributed by atoms with Crippen molar-refractivity contribution in [3.8, 4) is 0 Å². The van der Waals surface area contributed by atoms with Crippen molar-refractivity contribution in [1.82, 2.24) is 4.98 Å². The number of carbonyl (C=O) groups is 1. The van der Waals surface area contributed by atoms with Crippen LogP contribution >= 0.6 is 0 Å². The number of hydrogen-bond donors (Lipinski definition) is 2. The molecule has 13 heavy (non-hydrogen) atoms. The van der Waals surface area contributed by atoms with E-state index in [0.717, 1.165) is 6.20 Å². The lowest BCUT2D eigenvalue weighted by atomic mass is 10.1. The quantitative estimate of drug-likeness (QED) is 0.714. The molecule has 0 saturated heterocycles. The Balaban J connectivity index is 3.35. The lowest BCUT2D eigenvalue weighted by Crippen LogP contribution is -2.12. The van der Waals surface area contributed by atoms with Crippen LogP contribution in [0.5, 0.6) is 0 Å². The van der Waals surface area contributed by atoms with E-state index in [0.29, 0.717) is 11.1 Å². The Hall–Kier alpha value is -1.84. The molecule has 0 radical (unpaired) electrons. The molecule has 0 atom stereocenters. The summed E-state index contributed by atoms with van der Waals surface area (Å²) >= 11 is 0. The summed E-state index contributed by atoms with van der Waals surface area (Å²) in [4.78, 5) is 24.0. The lowest BCUT2D eigenvalue weighted by molar-refractivity contribution is 0.0696. The minimum Gasteiger partial charge on any atom is -0.478 e. The van der Waals surface area contributed by atoms with E-state index in [4.69, 9.17) is 5.11 Å². The number of carboxylic acids is 1. The monoisotopic (exact) mass is 179 g/mol. The van der Waals surface area contributed by atoms with Crippen LogP contribution in [0.15, 0.2) is 23.6 Å². The fraction of sp³-hybridized carbons (Fsp3) is 0.111. The number of pyridine rings is 1. The normalized spacial score (nSPS) is 9.62. The zero-order valence-electron chi connectivity index (χ0n) is 7.13. The van der Waals surface area contributed by atoms with Gasteiger partial charge in [-0.3, -0.25) is 4.79 Å². The molecule has 0 aliphatic rings. The van der Waals surface area contributed by atoms with E-state index in [2.05, 4.69) is 11.6 Å². The molecule has 0 aromatic carbocycles. The molecule has 0 aliphatic carbocycles. The summed E-state index contributed by atoms with van der Waals surface area (Å²) in [5.41, 5.74) is 0.583. The first kappa shape index (κ1) is 9.25. The molecular formula is C9H9NO3. The van der Waals surface area contributed by atoms with Crippen LogP contribution in [0.4, 0.5) is 0 Å². The van der Waals surface area contributed by atoms with Gasteiger partial charge in [0.15, 0.2) is 0 Å². The summed E-state index contributed by atoms with van der Waals surface area (Å²) in [6.07, 6.45) is 1.16. The van der Waals surface area contributed by atoms with Crippen molar-refractivity contribution in [3.05, 3.63) is 40.3 Å². The van der Waals surface area contributed by atoms with Crippen LogP contribution in [0.3, 0.4) is 0 Å². The summed E-state index contributed by atoms with van der Waals surface area (Å²) in [7, 11) is 0. The summed E-state index contributed by atoms with van der Waals surface area (Å²) < 4.78 is 0. The van der Waals surface area contributed by atoms with E-state index in [1.807, 2.05) is 0 Å². The fourth-order valence-electron chi connectivity index (χ4n) is 0.924. The molecule has 4 nitrogen and oxygen atoms in total. The van der Waals surface area contributed by atoms with Gasteiger partial charge in [0.05, 0.1) is 5.56 Å². The average Bonchev–Trinajstić information content (AvgIpc) is 2.04. The van der Waals surface area contributed by atoms with E-state index < -0.39 is 5.97 Å². The summed E-state index contributed by atoms with van der Waals surface area (Å²) in [5.74, 6) is -1.07. The Morgan fingerprint density at radius 2 is 2.23 bits per heavy atom. The van der Waals surface area contributed by atoms with Crippen LogP contribution in [-0.4, -0.2) is 16.1 Å². The fourth-order valence-corrected chi connectivity index (χ4v) is 0.924. The number of allylic oxidation sites excluding steroid dienone is 1. The van der Waals surface area contributed by atoms with Crippen molar-refractivity contribution < 1.29 is 9.90 Å². The maximum Gasteiger partial charge on any atom is 0.337 e. The second-order valence-electron chi connectivity index (χ2n) is 2.72. The maximum atomic E-state index is 11.1. The molecule has 1 heterocycles. The number of H-pyrrole nitrogens is 1. The summed E-state index contributed by atoms with van der Waals surface area (Å²) in [6.45, 7) is 5.22. The predicted octanol–water partition coefficient (Wildman–Crippen LogP) is 1.11. The number of carboxylic acid groups (broad SMARTS) is 1. The number of aromatic carboxylic acids is 1. The molecular weight excluding hydrogens is 170 g/mol. The Bertz CT molecular complexity index is 417. The summed E-state index contributed by atoms with van der Waals surface area (Å²) in [5, 5.41) is 8.63. The zero-order chi connectivity index (χ0) is 10.0. The molecule has 2 N–H and O–H groups in total. The Kier molecular flexibility index (Phi) is 2.32. The van der Waals surface area contributed by atoms with Gasteiger partial charge in [0.2, 0.25) is 0 Å². The van der Waals surface area contributed by atoms with Gasteiger partial charge in [0, 0.05) is 11.8 Å². The zero-order valence-corrected chi connectivity index (χ0v) is 7.13. The molecule has 1 aromatic rings. The second kappa shape index (κ2) is 3.26. The SMILES string of the molecule is C=C(C)c1cc(C(=O)O)c[nH]c1=O. The van der Waals surface area contributed by atoms with Gasteiger partial charge in [-0.1, -0.05) is 6.58 Å². The van der Waals surface area contributed by atoms with Crippen molar-refractivity contribution in [2.24, 2.45) is 0 Å². The van der Waals surface area contributed by atoms with Gasteiger partial charge in [0.1, 0.15) is 0 Å². The van der Waals surface area contributed by atoms with Gasteiger partial charge in [-0.15, -0.1) is 0 Å². The van der Waals surface area contributed by atoms with Crippen molar-refractivity contribution in [2.75, 3.05) is 0 Å². The van der Waals surface area contributed by atoms with Crippen LogP contribution in [-0.2, 0) is 0 Å². The van der Waals surface area contributed by atoms with E-state index >= 15 is 0 Å². The molecule has 0 spiro atoms. The first-order valence-corrected chi connectivity index (χ1v) is 3.64. The van der Waals surface area contributed by atoms with Gasteiger partial charge in [-0.25, -0.2) is 4.79 Å². The lowest BCUT2D eigenvalue weighted by Gasteiger charge is -1.99. The van der Waals surface area contributed by atoms with Crippen LogP contribution in [0, 0.1) is 0 Å². The van der Waals surface area contributed by atoms with Crippen molar-refractivity contribution in [1.29, 1.82) is 0 Å². The van der Waals surface area contributed by atoms with Crippen molar-refractivity contribution in [3.63, 3.8) is 0 Å². The smallest absolute Gasteiger partial charge is 0.337 e. The van der Waals surface area contributed by atoms with E-state index in [-0.39, 0.29) is 11.1 Å². The number of rotatable bonds is 2. The third-order valence-electron chi connectivity index (χ3n) is 1.61. The maximum absolute atomic E-state index is 11.1. The Labute approximate surface area is 74.5 Å². The molecule has 0 amide bonds. The number of aromatic amines is 1. The van der Waals surface area contributed by atoms with Gasteiger partial charge in [0.25, 0.3) is 5.56 Å². The molecule has 0 bridgehead atoms. The van der Waals surface area contributed by atoms with Crippen LogP contribution in [0.2, 0.25) is 0 Å². The molecule has 0 fully saturated rings. The van der Waals surface area contributed by atoms with Crippen molar-refractivity contribution in [2.45, 2.75) is 6.92 Å². The number of nitrogens with one attached hydrogen (secondary N) is 1. The largest absolute Gasteiger partial charge is 0.478 e. The third kappa shape index (κ3) is 1.84. The topological polar surface area (TPSA) is 70.2 Å². The molecule has 0 unspecified atom stereocenters. The predicted molar refractivity (Wildman–Crippen MR) is 48.7 cm³/mol. The first-order chi connectivity index (χ1) is 6.02.